The molecule has 0 radical (unpaired) electrons. The Kier molecular flexibility index (Phi) is 5.18. The predicted octanol–water partition coefficient (Wildman–Crippen LogP) is 3.17. The Morgan fingerprint density at radius 3 is 2.38 bits per heavy atom. The van der Waals surface area contributed by atoms with Gasteiger partial charge in [0.25, 0.3) is 0 Å². The third-order valence-corrected chi connectivity index (χ3v) is 4.20. The zero-order valence-electron chi connectivity index (χ0n) is 14.4. The van der Waals surface area contributed by atoms with E-state index in [0.717, 1.165) is 5.75 Å². The highest BCUT2D eigenvalue weighted by Crippen LogP contribution is 2.40. The Labute approximate surface area is 151 Å². The van der Waals surface area contributed by atoms with Gasteiger partial charge in [-0.3, -0.25) is 9.59 Å². The fourth-order valence-corrected chi connectivity index (χ4v) is 2.73. The monoisotopic (exact) mass is 349 g/mol. The standard InChI is InChI=1S/C20H19N3O3/c1-2-26-15-9-7-14(8-10-15)22-19(24)16-11-17(16)20(25)23-18-6-4-3-5-13(18)12-21/h3-10,16-17H,2,11H2,1H3,(H,22,24)(H,23,25). The molecule has 132 valence electrons. The number of carbonyl (C=O) groups excluding carboxylic acids is 2. The molecule has 2 N–H and O–H groups in total. The van der Waals surface area contributed by atoms with Gasteiger partial charge in [-0.05, 0) is 49.7 Å². The third kappa shape index (κ3) is 4.01. The molecule has 0 aromatic heterocycles. The van der Waals surface area contributed by atoms with Gasteiger partial charge < -0.3 is 15.4 Å². The van der Waals surface area contributed by atoms with Crippen LogP contribution in [0.15, 0.2) is 48.5 Å². The summed E-state index contributed by atoms with van der Waals surface area (Å²) < 4.78 is 5.36. The van der Waals surface area contributed by atoms with E-state index < -0.39 is 0 Å². The van der Waals surface area contributed by atoms with Crippen molar-refractivity contribution in [3.8, 4) is 11.8 Å². The SMILES string of the molecule is CCOc1ccc(NC(=O)C2CC2C(=O)Nc2ccccc2C#N)cc1. The highest BCUT2D eigenvalue weighted by Gasteiger charge is 2.48. The van der Waals surface area contributed by atoms with Crippen LogP contribution in [0.3, 0.4) is 0 Å². The number of rotatable bonds is 6. The van der Waals surface area contributed by atoms with Crippen LogP contribution in [0.1, 0.15) is 18.9 Å². The first kappa shape index (κ1) is 17.5. The molecule has 2 aromatic carbocycles. The van der Waals surface area contributed by atoms with E-state index in [1.165, 1.54) is 0 Å². The maximum atomic E-state index is 12.3. The predicted molar refractivity (Wildman–Crippen MR) is 97.6 cm³/mol. The van der Waals surface area contributed by atoms with Crippen molar-refractivity contribution >= 4 is 23.2 Å². The number of nitrogens with zero attached hydrogens (tertiary/aromatic N) is 1. The average Bonchev–Trinajstić information content (AvgIpc) is 3.45. The maximum absolute atomic E-state index is 12.3. The third-order valence-electron chi connectivity index (χ3n) is 4.20. The Bertz CT molecular complexity index is 855. The first-order valence-electron chi connectivity index (χ1n) is 8.46. The minimum absolute atomic E-state index is 0.178. The van der Waals surface area contributed by atoms with Crippen LogP contribution < -0.4 is 15.4 Å². The Morgan fingerprint density at radius 1 is 1.08 bits per heavy atom. The molecule has 3 rings (SSSR count). The molecule has 1 aliphatic rings. The molecule has 2 atom stereocenters. The molecular weight excluding hydrogens is 330 g/mol. The Balaban J connectivity index is 1.55. The van der Waals surface area contributed by atoms with Crippen molar-refractivity contribution in [3.05, 3.63) is 54.1 Å². The lowest BCUT2D eigenvalue weighted by molar-refractivity contribution is -0.122. The van der Waals surface area contributed by atoms with Crippen LogP contribution >= 0.6 is 0 Å². The van der Waals surface area contributed by atoms with Gasteiger partial charge in [0, 0.05) is 5.69 Å². The van der Waals surface area contributed by atoms with Crippen molar-refractivity contribution in [2.24, 2.45) is 11.8 Å². The fraction of sp³-hybridized carbons (Fsp3) is 0.250. The number of ether oxygens (including phenoxy) is 1. The van der Waals surface area contributed by atoms with Gasteiger partial charge in [0.15, 0.2) is 0 Å². The number of anilines is 2. The number of carbonyl (C=O) groups is 2. The molecule has 2 amide bonds. The summed E-state index contributed by atoms with van der Waals surface area (Å²) in [5.41, 5.74) is 1.54. The Morgan fingerprint density at radius 2 is 1.73 bits per heavy atom. The van der Waals surface area contributed by atoms with E-state index in [1.54, 1.807) is 48.5 Å². The van der Waals surface area contributed by atoms with Gasteiger partial charge in [0.05, 0.1) is 29.7 Å². The number of hydrogen-bond donors (Lipinski definition) is 2. The zero-order chi connectivity index (χ0) is 18.5. The minimum atomic E-state index is -0.371. The minimum Gasteiger partial charge on any atom is -0.494 e. The summed E-state index contributed by atoms with van der Waals surface area (Å²) in [4.78, 5) is 24.6. The highest BCUT2D eigenvalue weighted by atomic mass is 16.5. The number of amides is 2. The van der Waals surface area contributed by atoms with E-state index in [2.05, 4.69) is 10.6 Å². The van der Waals surface area contributed by atoms with E-state index in [4.69, 9.17) is 10.00 Å². The lowest BCUT2D eigenvalue weighted by atomic mass is 10.2. The van der Waals surface area contributed by atoms with Crippen LogP contribution in [0, 0.1) is 23.2 Å². The van der Waals surface area contributed by atoms with Gasteiger partial charge in [0.1, 0.15) is 11.8 Å². The summed E-state index contributed by atoms with van der Waals surface area (Å²) in [6.07, 6.45) is 0.503. The number of benzene rings is 2. The number of nitriles is 1. The molecule has 1 saturated carbocycles. The van der Waals surface area contributed by atoms with Crippen LogP contribution in [0.2, 0.25) is 0 Å². The Hall–Kier alpha value is -3.33. The number of nitrogens with one attached hydrogen (secondary N) is 2. The molecule has 0 bridgehead atoms. The van der Waals surface area contributed by atoms with Crippen LogP contribution in [0.5, 0.6) is 5.75 Å². The summed E-state index contributed by atoms with van der Waals surface area (Å²) >= 11 is 0. The molecule has 6 heteroatoms. The van der Waals surface area contributed by atoms with Crippen LogP contribution in [-0.4, -0.2) is 18.4 Å². The van der Waals surface area contributed by atoms with Crippen LogP contribution in [-0.2, 0) is 9.59 Å². The van der Waals surface area contributed by atoms with Crippen LogP contribution in [0.25, 0.3) is 0 Å². The molecule has 2 unspecified atom stereocenters. The zero-order valence-corrected chi connectivity index (χ0v) is 14.4. The topological polar surface area (TPSA) is 91.2 Å². The second-order valence-electron chi connectivity index (χ2n) is 6.04. The quantitative estimate of drug-likeness (QED) is 0.838. The van der Waals surface area contributed by atoms with Gasteiger partial charge in [-0.2, -0.15) is 5.26 Å². The molecule has 0 heterocycles. The van der Waals surface area contributed by atoms with Crippen molar-refractivity contribution in [2.75, 3.05) is 17.2 Å². The smallest absolute Gasteiger partial charge is 0.228 e. The lowest BCUT2D eigenvalue weighted by Crippen LogP contribution is -2.20. The van der Waals surface area contributed by atoms with Crippen molar-refractivity contribution in [3.63, 3.8) is 0 Å². The molecule has 1 aliphatic carbocycles. The van der Waals surface area contributed by atoms with Crippen molar-refractivity contribution in [1.29, 1.82) is 5.26 Å². The fourth-order valence-electron chi connectivity index (χ4n) is 2.73. The van der Waals surface area contributed by atoms with Crippen molar-refractivity contribution < 1.29 is 14.3 Å². The first-order chi connectivity index (χ1) is 12.6. The summed E-state index contributed by atoms with van der Waals surface area (Å²) in [5.74, 6) is -0.395. The van der Waals surface area contributed by atoms with Gasteiger partial charge in [-0.1, -0.05) is 12.1 Å². The van der Waals surface area contributed by atoms with Gasteiger partial charge >= 0.3 is 0 Å². The summed E-state index contributed by atoms with van der Waals surface area (Å²) in [6.45, 7) is 2.49. The van der Waals surface area contributed by atoms with E-state index >= 15 is 0 Å². The number of hydrogen-bond acceptors (Lipinski definition) is 4. The molecule has 2 aromatic rings. The van der Waals surface area contributed by atoms with E-state index in [1.807, 2.05) is 13.0 Å². The highest BCUT2D eigenvalue weighted by molar-refractivity contribution is 6.03. The summed E-state index contributed by atoms with van der Waals surface area (Å²) in [7, 11) is 0. The largest absolute Gasteiger partial charge is 0.494 e. The second kappa shape index (κ2) is 7.70. The van der Waals surface area contributed by atoms with E-state index in [0.29, 0.717) is 30.0 Å². The number of para-hydroxylation sites is 1. The molecule has 0 saturated heterocycles. The lowest BCUT2D eigenvalue weighted by Gasteiger charge is -2.08. The van der Waals surface area contributed by atoms with E-state index in [9.17, 15) is 9.59 Å². The van der Waals surface area contributed by atoms with Crippen molar-refractivity contribution in [2.45, 2.75) is 13.3 Å². The molecular formula is C20H19N3O3. The van der Waals surface area contributed by atoms with Gasteiger partial charge in [-0.25, -0.2) is 0 Å². The first-order valence-corrected chi connectivity index (χ1v) is 8.46. The summed E-state index contributed by atoms with van der Waals surface area (Å²) in [6, 6.07) is 15.9. The van der Waals surface area contributed by atoms with Gasteiger partial charge in [-0.15, -0.1) is 0 Å². The molecule has 0 aliphatic heterocycles. The van der Waals surface area contributed by atoms with Crippen LogP contribution in [0.4, 0.5) is 11.4 Å². The molecule has 1 fully saturated rings. The van der Waals surface area contributed by atoms with Crippen molar-refractivity contribution in [1.82, 2.24) is 0 Å². The van der Waals surface area contributed by atoms with Gasteiger partial charge in [0.2, 0.25) is 11.8 Å². The average molecular weight is 349 g/mol. The van der Waals surface area contributed by atoms with E-state index in [-0.39, 0.29) is 23.7 Å². The molecule has 6 nitrogen and oxygen atoms in total. The summed E-state index contributed by atoms with van der Waals surface area (Å²) in [5, 5.41) is 14.6. The normalized spacial score (nSPS) is 17.7. The second-order valence-corrected chi connectivity index (χ2v) is 6.04. The molecule has 0 spiro atoms. The molecule has 26 heavy (non-hydrogen) atoms. The maximum Gasteiger partial charge on any atom is 0.228 e.